The molecule has 0 aromatic heterocycles. The highest BCUT2D eigenvalue weighted by Crippen LogP contribution is 2.24. The molecule has 0 radical (unpaired) electrons. The Morgan fingerprint density at radius 1 is 1.25 bits per heavy atom. The van der Waals surface area contributed by atoms with Gasteiger partial charge in [0.1, 0.15) is 5.75 Å². The minimum atomic E-state index is -1.10. The van der Waals surface area contributed by atoms with Crippen LogP contribution >= 0.6 is 0 Å². The third kappa shape index (κ3) is 1.55. The first-order chi connectivity index (χ1) is 7.61. The topological polar surface area (TPSA) is 81.3 Å². The van der Waals surface area contributed by atoms with Crippen LogP contribution in [0, 0.1) is 11.3 Å². The molecule has 0 aliphatic heterocycles. The summed E-state index contributed by atoms with van der Waals surface area (Å²) >= 11 is 0. The number of rotatable bonds is 1. The zero-order valence-corrected chi connectivity index (χ0v) is 8.14. The largest absolute Gasteiger partial charge is 0.508 e. The Labute approximate surface area is 91.0 Å². The second kappa shape index (κ2) is 3.55. The molecule has 0 aliphatic carbocycles. The zero-order chi connectivity index (χ0) is 11.7. The molecule has 0 amide bonds. The molecule has 2 rings (SSSR count). The van der Waals surface area contributed by atoms with Gasteiger partial charge in [0.05, 0.1) is 17.2 Å². The number of aromatic hydroxyl groups is 1. The van der Waals surface area contributed by atoms with Crippen LogP contribution in [-0.2, 0) is 0 Å². The molecule has 4 nitrogen and oxygen atoms in total. The van der Waals surface area contributed by atoms with E-state index in [-0.39, 0.29) is 16.9 Å². The molecular weight excluding hydrogens is 206 g/mol. The molecule has 2 N–H and O–H groups in total. The number of nitrogens with zero attached hydrogens (tertiary/aromatic N) is 1. The highest BCUT2D eigenvalue weighted by molar-refractivity contribution is 5.97. The SMILES string of the molecule is N#Cc1cc(C(=O)O)cc2cc(O)ccc12. The number of nitriles is 1. The Kier molecular flexibility index (Phi) is 2.22. The lowest BCUT2D eigenvalue weighted by Gasteiger charge is -2.03. The van der Waals surface area contributed by atoms with E-state index in [1.807, 2.05) is 6.07 Å². The summed E-state index contributed by atoms with van der Waals surface area (Å²) < 4.78 is 0. The highest BCUT2D eigenvalue weighted by Gasteiger charge is 2.09. The smallest absolute Gasteiger partial charge is 0.335 e. The number of fused-ring (bicyclic) bond motifs is 1. The normalized spacial score (nSPS) is 9.94. The van der Waals surface area contributed by atoms with Gasteiger partial charge in [0, 0.05) is 0 Å². The maximum Gasteiger partial charge on any atom is 0.335 e. The maximum absolute atomic E-state index is 10.8. The van der Waals surface area contributed by atoms with Crippen LogP contribution in [-0.4, -0.2) is 16.2 Å². The molecule has 16 heavy (non-hydrogen) atoms. The number of phenols is 1. The summed E-state index contributed by atoms with van der Waals surface area (Å²) in [5.41, 5.74) is 0.324. The number of benzene rings is 2. The van der Waals surface area contributed by atoms with Crippen molar-refractivity contribution in [1.82, 2.24) is 0 Å². The van der Waals surface area contributed by atoms with Gasteiger partial charge in [-0.05, 0) is 41.1 Å². The number of carboxylic acids is 1. The Hall–Kier alpha value is -2.54. The summed E-state index contributed by atoms with van der Waals surface area (Å²) in [5, 5.41) is 28.2. The van der Waals surface area contributed by atoms with Crippen LogP contribution < -0.4 is 0 Å². The Morgan fingerprint density at radius 3 is 2.62 bits per heavy atom. The number of hydrogen-bond donors (Lipinski definition) is 2. The molecule has 0 aliphatic rings. The monoisotopic (exact) mass is 213 g/mol. The second-order valence-electron chi connectivity index (χ2n) is 3.35. The van der Waals surface area contributed by atoms with Gasteiger partial charge in [-0.1, -0.05) is 0 Å². The van der Waals surface area contributed by atoms with Gasteiger partial charge < -0.3 is 10.2 Å². The number of phenolic OH excluding ortho intramolecular Hbond substituents is 1. The van der Waals surface area contributed by atoms with Crippen LogP contribution in [0.15, 0.2) is 30.3 Å². The molecule has 0 heterocycles. The first kappa shape index (κ1) is 9.99. The summed E-state index contributed by atoms with van der Waals surface area (Å²) in [5.74, 6) is -1.05. The molecule has 78 valence electrons. The average molecular weight is 213 g/mol. The molecule has 0 unspecified atom stereocenters. The number of hydrogen-bond acceptors (Lipinski definition) is 3. The van der Waals surface area contributed by atoms with Crippen LogP contribution in [0.3, 0.4) is 0 Å². The zero-order valence-electron chi connectivity index (χ0n) is 8.14. The summed E-state index contributed by atoms with van der Waals surface area (Å²) in [6, 6.07) is 9.18. The van der Waals surface area contributed by atoms with Crippen molar-refractivity contribution in [3.8, 4) is 11.8 Å². The summed E-state index contributed by atoms with van der Waals surface area (Å²) in [7, 11) is 0. The predicted octanol–water partition coefficient (Wildman–Crippen LogP) is 2.12. The lowest BCUT2D eigenvalue weighted by molar-refractivity contribution is 0.0697. The van der Waals surface area contributed by atoms with E-state index < -0.39 is 5.97 Å². The Morgan fingerprint density at radius 2 is 2.00 bits per heavy atom. The third-order valence-electron chi connectivity index (χ3n) is 2.30. The molecule has 0 atom stereocenters. The molecule has 0 spiro atoms. The molecule has 0 bridgehead atoms. The van der Waals surface area contributed by atoms with Gasteiger partial charge in [0.15, 0.2) is 0 Å². The van der Waals surface area contributed by atoms with Gasteiger partial charge in [0.2, 0.25) is 0 Å². The van der Waals surface area contributed by atoms with Gasteiger partial charge in [0.25, 0.3) is 0 Å². The molecule has 4 heteroatoms. The predicted molar refractivity (Wildman–Crippen MR) is 57.3 cm³/mol. The van der Waals surface area contributed by atoms with Crippen molar-refractivity contribution >= 4 is 16.7 Å². The Bertz CT molecular complexity index is 626. The molecule has 2 aromatic carbocycles. The highest BCUT2D eigenvalue weighted by atomic mass is 16.4. The fourth-order valence-electron chi connectivity index (χ4n) is 1.57. The quantitative estimate of drug-likeness (QED) is 0.760. The number of aromatic carboxylic acids is 1. The standard InChI is InChI=1S/C12H7NO3/c13-6-9-4-8(12(15)16)3-7-5-10(14)1-2-11(7)9/h1-5,14H,(H,15,16). The molecule has 0 saturated heterocycles. The first-order valence-corrected chi connectivity index (χ1v) is 4.52. The van der Waals surface area contributed by atoms with Crippen LogP contribution in [0.4, 0.5) is 0 Å². The van der Waals surface area contributed by atoms with Crippen LogP contribution in [0.5, 0.6) is 5.75 Å². The van der Waals surface area contributed by atoms with E-state index in [9.17, 15) is 9.90 Å². The molecular formula is C12H7NO3. The Balaban J connectivity index is 2.85. The van der Waals surface area contributed by atoms with Crippen LogP contribution in [0.2, 0.25) is 0 Å². The summed E-state index contributed by atoms with van der Waals surface area (Å²) in [6.45, 7) is 0. The van der Waals surface area contributed by atoms with Gasteiger partial charge in [-0.25, -0.2) is 4.79 Å². The van der Waals surface area contributed by atoms with E-state index in [4.69, 9.17) is 10.4 Å². The second-order valence-corrected chi connectivity index (χ2v) is 3.35. The van der Waals surface area contributed by atoms with E-state index in [1.165, 1.54) is 24.3 Å². The minimum absolute atomic E-state index is 0.0367. The average Bonchev–Trinajstić information content (AvgIpc) is 2.26. The van der Waals surface area contributed by atoms with E-state index in [0.717, 1.165) is 0 Å². The summed E-state index contributed by atoms with van der Waals surface area (Å²) in [6.07, 6.45) is 0. The van der Waals surface area contributed by atoms with Crippen molar-refractivity contribution < 1.29 is 15.0 Å². The van der Waals surface area contributed by atoms with E-state index in [0.29, 0.717) is 10.8 Å². The van der Waals surface area contributed by atoms with E-state index in [2.05, 4.69) is 0 Å². The lowest BCUT2D eigenvalue weighted by atomic mass is 10.0. The van der Waals surface area contributed by atoms with Crippen molar-refractivity contribution in [2.24, 2.45) is 0 Å². The van der Waals surface area contributed by atoms with Crippen molar-refractivity contribution in [3.05, 3.63) is 41.5 Å². The summed E-state index contributed by atoms with van der Waals surface area (Å²) in [4.78, 5) is 10.8. The van der Waals surface area contributed by atoms with Gasteiger partial charge in [-0.15, -0.1) is 0 Å². The fourth-order valence-corrected chi connectivity index (χ4v) is 1.57. The molecule has 0 fully saturated rings. The minimum Gasteiger partial charge on any atom is -0.508 e. The van der Waals surface area contributed by atoms with Crippen molar-refractivity contribution in [1.29, 1.82) is 5.26 Å². The number of carboxylic acid groups (broad SMARTS) is 1. The molecule has 2 aromatic rings. The van der Waals surface area contributed by atoms with Crippen molar-refractivity contribution in [2.45, 2.75) is 0 Å². The van der Waals surface area contributed by atoms with Crippen LogP contribution in [0.25, 0.3) is 10.8 Å². The number of carbonyl (C=O) groups is 1. The van der Waals surface area contributed by atoms with Gasteiger partial charge in [-0.2, -0.15) is 5.26 Å². The fraction of sp³-hybridized carbons (Fsp3) is 0. The van der Waals surface area contributed by atoms with Crippen LogP contribution in [0.1, 0.15) is 15.9 Å². The van der Waals surface area contributed by atoms with Gasteiger partial charge >= 0.3 is 5.97 Å². The van der Waals surface area contributed by atoms with Crippen molar-refractivity contribution in [3.63, 3.8) is 0 Å². The van der Waals surface area contributed by atoms with E-state index in [1.54, 1.807) is 6.07 Å². The molecule has 0 saturated carbocycles. The first-order valence-electron chi connectivity index (χ1n) is 4.52. The van der Waals surface area contributed by atoms with E-state index >= 15 is 0 Å². The maximum atomic E-state index is 10.8. The van der Waals surface area contributed by atoms with Gasteiger partial charge in [-0.3, -0.25) is 0 Å². The lowest BCUT2D eigenvalue weighted by Crippen LogP contribution is -1.97. The third-order valence-corrected chi connectivity index (χ3v) is 2.30. The van der Waals surface area contributed by atoms with Crippen molar-refractivity contribution in [2.75, 3.05) is 0 Å².